The van der Waals surface area contributed by atoms with Crippen LogP contribution in [-0.2, 0) is 11.4 Å². The highest BCUT2D eigenvalue weighted by atomic mass is 35.5. The molecule has 0 saturated carbocycles. The first-order chi connectivity index (χ1) is 15.5. The number of likely N-dealkylation sites (tertiary alicyclic amines) is 1. The lowest BCUT2D eigenvalue weighted by molar-refractivity contribution is -0.121. The zero-order valence-corrected chi connectivity index (χ0v) is 17.8. The van der Waals surface area contributed by atoms with Crippen LogP contribution in [0.1, 0.15) is 29.2 Å². The maximum absolute atomic E-state index is 13.0. The van der Waals surface area contributed by atoms with Gasteiger partial charge in [0.15, 0.2) is 5.76 Å². The van der Waals surface area contributed by atoms with E-state index >= 15 is 0 Å². The van der Waals surface area contributed by atoms with E-state index in [0.29, 0.717) is 48.3 Å². The van der Waals surface area contributed by atoms with Gasteiger partial charge < -0.3 is 19.4 Å². The highest BCUT2D eigenvalue weighted by Crippen LogP contribution is 2.22. The minimum atomic E-state index is -0.346. The number of aromatic nitrogens is 1. The number of hydrogen-bond acceptors (Lipinski definition) is 5. The molecular weight excluding hydrogens is 437 g/mol. The molecule has 1 aromatic carbocycles. The number of pyridine rings is 1. The van der Waals surface area contributed by atoms with Crippen molar-refractivity contribution in [3.05, 3.63) is 77.1 Å². The predicted molar refractivity (Wildman–Crippen MR) is 116 cm³/mol. The molecule has 2 aromatic heterocycles. The summed E-state index contributed by atoms with van der Waals surface area (Å²) in [6, 6.07) is 12.2. The first kappa shape index (κ1) is 21.8. The Morgan fingerprint density at radius 1 is 1.19 bits per heavy atom. The second-order valence-corrected chi connectivity index (χ2v) is 7.89. The number of benzene rings is 1. The molecule has 0 radical (unpaired) electrons. The van der Waals surface area contributed by atoms with Crippen LogP contribution < -0.4 is 10.1 Å². The zero-order chi connectivity index (χ0) is 22.5. The number of hydrogen-bond donors (Lipinski definition) is 1. The minimum absolute atomic E-state index is 0.109. The summed E-state index contributed by atoms with van der Waals surface area (Å²) in [4.78, 5) is 31.2. The number of nitrogens with one attached hydrogen (secondary N) is 1. The van der Waals surface area contributed by atoms with Crippen molar-refractivity contribution in [1.82, 2.24) is 9.88 Å². The molecule has 0 spiro atoms. The van der Waals surface area contributed by atoms with Gasteiger partial charge in [-0.25, -0.2) is 9.37 Å². The van der Waals surface area contributed by atoms with Gasteiger partial charge in [-0.2, -0.15) is 0 Å². The molecule has 4 rings (SSSR count). The van der Waals surface area contributed by atoms with Crippen LogP contribution in [0, 0.1) is 11.7 Å². The summed E-state index contributed by atoms with van der Waals surface area (Å²) in [5, 5.41) is 3.25. The Morgan fingerprint density at radius 2 is 2.00 bits per heavy atom. The van der Waals surface area contributed by atoms with Crippen molar-refractivity contribution in [2.75, 3.05) is 18.4 Å². The van der Waals surface area contributed by atoms with Gasteiger partial charge in [-0.05, 0) is 61.4 Å². The molecule has 1 unspecified atom stereocenters. The number of carbonyl (C=O) groups is 2. The summed E-state index contributed by atoms with van der Waals surface area (Å²) in [6.45, 7) is 0.947. The van der Waals surface area contributed by atoms with Crippen LogP contribution in [0.2, 0.25) is 5.02 Å². The van der Waals surface area contributed by atoms with E-state index < -0.39 is 0 Å². The maximum Gasteiger partial charge on any atom is 0.289 e. The fourth-order valence-corrected chi connectivity index (χ4v) is 3.58. The summed E-state index contributed by atoms with van der Waals surface area (Å²) in [6.07, 6.45) is 2.85. The molecule has 1 aliphatic rings. The highest BCUT2D eigenvalue weighted by molar-refractivity contribution is 6.30. The number of furan rings is 1. The molecule has 1 aliphatic heterocycles. The largest absolute Gasteiger partial charge is 0.486 e. The Morgan fingerprint density at radius 3 is 2.75 bits per heavy atom. The van der Waals surface area contributed by atoms with Gasteiger partial charge >= 0.3 is 0 Å². The number of halogens is 2. The first-order valence-corrected chi connectivity index (χ1v) is 10.5. The molecular formula is C23H21ClFN3O4. The van der Waals surface area contributed by atoms with Crippen LogP contribution in [0.25, 0.3) is 0 Å². The standard InChI is InChI=1S/C23H21ClFN3O4/c24-16-3-10-21(26-12-16)27-22(29)15-2-1-11-28(13-15)23(30)20-9-8-19(32-20)14-31-18-6-4-17(25)5-7-18/h3-10,12,15H,1-2,11,13-14H2,(H,26,27,29). The molecule has 1 saturated heterocycles. The van der Waals surface area contributed by atoms with Crippen LogP contribution in [0.4, 0.5) is 10.2 Å². The number of rotatable bonds is 6. The average Bonchev–Trinajstić information content (AvgIpc) is 3.29. The van der Waals surface area contributed by atoms with Gasteiger partial charge in [-0.15, -0.1) is 0 Å². The normalized spacial score (nSPS) is 15.9. The number of anilines is 1. The van der Waals surface area contributed by atoms with Crippen molar-refractivity contribution in [1.29, 1.82) is 0 Å². The molecule has 9 heteroatoms. The second kappa shape index (κ2) is 9.82. The molecule has 1 fully saturated rings. The minimum Gasteiger partial charge on any atom is -0.486 e. The van der Waals surface area contributed by atoms with Crippen molar-refractivity contribution in [3.63, 3.8) is 0 Å². The van der Waals surface area contributed by atoms with E-state index in [1.807, 2.05) is 0 Å². The Balaban J connectivity index is 1.33. The van der Waals surface area contributed by atoms with E-state index in [9.17, 15) is 14.0 Å². The third-order valence-corrected chi connectivity index (χ3v) is 5.35. The molecule has 32 heavy (non-hydrogen) atoms. The Bertz CT molecular complexity index is 1090. The molecule has 3 aromatic rings. The summed E-state index contributed by atoms with van der Waals surface area (Å²) in [5.74, 6) is 0.407. The lowest BCUT2D eigenvalue weighted by atomic mass is 9.97. The fraction of sp³-hybridized carbons (Fsp3) is 0.261. The zero-order valence-electron chi connectivity index (χ0n) is 17.1. The van der Waals surface area contributed by atoms with Crippen LogP contribution >= 0.6 is 11.6 Å². The van der Waals surface area contributed by atoms with Crippen molar-refractivity contribution < 1.29 is 23.1 Å². The van der Waals surface area contributed by atoms with E-state index in [-0.39, 0.29) is 35.9 Å². The average molecular weight is 458 g/mol. The van der Waals surface area contributed by atoms with Gasteiger partial charge in [0, 0.05) is 19.3 Å². The molecule has 166 valence electrons. The maximum atomic E-state index is 13.0. The van der Waals surface area contributed by atoms with Crippen molar-refractivity contribution in [2.24, 2.45) is 5.92 Å². The number of ether oxygens (including phenoxy) is 1. The smallest absolute Gasteiger partial charge is 0.289 e. The third kappa shape index (κ3) is 5.45. The van der Waals surface area contributed by atoms with Crippen LogP contribution in [0.3, 0.4) is 0 Å². The van der Waals surface area contributed by atoms with Crippen molar-refractivity contribution >= 4 is 29.2 Å². The number of piperidine rings is 1. The lowest BCUT2D eigenvalue weighted by Gasteiger charge is -2.31. The number of amides is 2. The quantitative estimate of drug-likeness (QED) is 0.587. The van der Waals surface area contributed by atoms with E-state index in [2.05, 4.69) is 10.3 Å². The molecule has 1 atom stereocenters. The van der Waals surface area contributed by atoms with Crippen LogP contribution in [-0.4, -0.2) is 34.8 Å². The van der Waals surface area contributed by atoms with Gasteiger partial charge in [0.05, 0.1) is 10.9 Å². The van der Waals surface area contributed by atoms with Crippen molar-refractivity contribution in [2.45, 2.75) is 19.4 Å². The first-order valence-electron chi connectivity index (χ1n) is 10.2. The molecule has 2 amide bonds. The predicted octanol–water partition coefficient (Wildman–Crippen LogP) is 4.54. The summed E-state index contributed by atoms with van der Waals surface area (Å²) >= 11 is 5.82. The van der Waals surface area contributed by atoms with Gasteiger partial charge in [0.1, 0.15) is 29.8 Å². The van der Waals surface area contributed by atoms with E-state index in [1.54, 1.807) is 29.2 Å². The fourth-order valence-electron chi connectivity index (χ4n) is 3.47. The number of nitrogens with zero attached hydrogens (tertiary/aromatic N) is 2. The Hall–Kier alpha value is -3.39. The highest BCUT2D eigenvalue weighted by Gasteiger charge is 2.30. The van der Waals surface area contributed by atoms with Gasteiger partial charge in [0.2, 0.25) is 5.91 Å². The molecule has 0 bridgehead atoms. The Kier molecular flexibility index (Phi) is 6.70. The summed E-state index contributed by atoms with van der Waals surface area (Å²) in [5.41, 5.74) is 0. The number of carbonyl (C=O) groups excluding carboxylic acids is 2. The van der Waals surface area contributed by atoms with Gasteiger partial charge in [0.25, 0.3) is 5.91 Å². The molecule has 7 nitrogen and oxygen atoms in total. The molecule has 0 aliphatic carbocycles. The SMILES string of the molecule is O=C(Nc1ccc(Cl)cn1)C1CCCN(C(=O)c2ccc(COc3ccc(F)cc3)o2)C1. The molecule has 1 N–H and O–H groups in total. The van der Waals surface area contributed by atoms with E-state index in [0.717, 1.165) is 0 Å². The van der Waals surface area contributed by atoms with E-state index in [1.165, 1.54) is 30.5 Å². The topological polar surface area (TPSA) is 84.7 Å². The monoisotopic (exact) mass is 457 g/mol. The van der Waals surface area contributed by atoms with Crippen LogP contribution in [0.15, 0.2) is 59.1 Å². The Labute approximate surface area is 189 Å². The second-order valence-electron chi connectivity index (χ2n) is 7.45. The van der Waals surface area contributed by atoms with Crippen molar-refractivity contribution in [3.8, 4) is 5.75 Å². The van der Waals surface area contributed by atoms with Gasteiger partial charge in [-0.1, -0.05) is 11.6 Å². The summed E-state index contributed by atoms with van der Waals surface area (Å²) < 4.78 is 24.1. The lowest BCUT2D eigenvalue weighted by Crippen LogP contribution is -2.43. The van der Waals surface area contributed by atoms with E-state index in [4.69, 9.17) is 20.8 Å². The molecule has 3 heterocycles. The van der Waals surface area contributed by atoms with Crippen LogP contribution in [0.5, 0.6) is 5.75 Å². The van der Waals surface area contributed by atoms with Gasteiger partial charge in [-0.3, -0.25) is 9.59 Å². The summed E-state index contributed by atoms with van der Waals surface area (Å²) in [7, 11) is 0. The third-order valence-electron chi connectivity index (χ3n) is 5.13.